The Morgan fingerprint density at radius 3 is 2.60 bits per heavy atom. The average Bonchev–Trinajstić information content (AvgIpc) is 3.45. The van der Waals surface area contributed by atoms with Crippen molar-refractivity contribution in [3.8, 4) is 17.2 Å². The Morgan fingerprint density at radius 2 is 1.90 bits per heavy atom. The van der Waals surface area contributed by atoms with Gasteiger partial charge in [-0.25, -0.2) is 9.18 Å². The van der Waals surface area contributed by atoms with E-state index in [1.165, 1.54) is 12.3 Å². The number of ether oxygens (including phenoxy) is 2. The highest BCUT2D eigenvalue weighted by atomic mass is 19.1. The summed E-state index contributed by atoms with van der Waals surface area (Å²) in [5.41, 5.74) is -0.166. The molecule has 0 spiro atoms. The van der Waals surface area contributed by atoms with E-state index in [0.717, 1.165) is 10.8 Å². The standard InChI is InChI=1S/C35H39FN6O5.CH4/c1-35(2,3)47-34(45)39-23-11-14-41(18-23)30-26(36)17-24-29-32(30)46-28-16-22-10-7-6-9-21(22)15-27(28)42(29)19-25(31(24)43)33(44)38-13-8-12-37-20-40(4)5;/h6-7,9-10,15-17,19-20,23H,8,11-14,18H2,1-5H3,(H,38,44)(H,39,45);1H4/t23-;/m1./s1. The molecule has 4 aromatic rings. The molecule has 2 aliphatic heterocycles. The third kappa shape index (κ3) is 6.92. The first-order valence-corrected chi connectivity index (χ1v) is 15.7. The second kappa shape index (κ2) is 13.5. The predicted molar refractivity (Wildman–Crippen MR) is 188 cm³/mol. The maximum absolute atomic E-state index is 16.2. The monoisotopic (exact) mass is 658 g/mol. The molecule has 2 N–H and O–H groups in total. The molecule has 12 heteroatoms. The molecule has 0 saturated carbocycles. The van der Waals surface area contributed by atoms with Crippen molar-refractivity contribution in [2.24, 2.45) is 4.99 Å². The molecule has 1 saturated heterocycles. The lowest BCUT2D eigenvalue weighted by atomic mass is 10.0. The van der Waals surface area contributed by atoms with Gasteiger partial charge in [0.2, 0.25) is 5.43 Å². The van der Waals surface area contributed by atoms with Gasteiger partial charge in [-0.2, -0.15) is 0 Å². The number of carbonyl (C=O) groups is 2. The van der Waals surface area contributed by atoms with Gasteiger partial charge < -0.3 is 34.5 Å². The van der Waals surface area contributed by atoms with E-state index in [2.05, 4.69) is 15.6 Å². The lowest BCUT2D eigenvalue weighted by molar-refractivity contribution is 0.0508. The zero-order valence-corrected chi connectivity index (χ0v) is 27.2. The summed E-state index contributed by atoms with van der Waals surface area (Å²) < 4.78 is 29.8. The number of aromatic nitrogens is 1. The lowest BCUT2D eigenvalue weighted by Gasteiger charge is -2.29. The SMILES string of the molecule is C.CN(C)C=NCCCNC(=O)c1cn2c3c(c(N4CC[C@@H](NC(=O)OC(C)(C)C)C4)c(F)cc3c1=O)Oc1cc3ccccc3cc1-2. The fourth-order valence-electron chi connectivity index (χ4n) is 5.99. The number of carbonyl (C=O) groups excluding carboxylic acids is 2. The van der Waals surface area contributed by atoms with Crippen LogP contribution in [0, 0.1) is 5.82 Å². The van der Waals surface area contributed by atoms with E-state index < -0.39 is 28.8 Å². The largest absolute Gasteiger partial charge is 0.451 e. The van der Waals surface area contributed by atoms with Gasteiger partial charge in [-0.05, 0) is 62.6 Å². The van der Waals surface area contributed by atoms with Crippen molar-refractivity contribution < 1.29 is 23.5 Å². The van der Waals surface area contributed by atoms with Gasteiger partial charge in [-0.1, -0.05) is 31.7 Å². The quantitative estimate of drug-likeness (QED) is 0.122. The molecule has 0 aliphatic carbocycles. The van der Waals surface area contributed by atoms with Gasteiger partial charge in [-0.15, -0.1) is 0 Å². The summed E-state index contributed by atoms with van der Waals surface area (Å²) in [6.45, 7) is 6.95. The second-order valence-corrected chi connectivity index (χ2v) is 13.1. The number of hydrogen-bond acceptors (Lipinski definition) is 7. The van der Waals surface area contributed by atoms with Crippen LogP contribution in [-0.2, 0) is 4.74 Å². The van der Waals surface area contributed by atoms with Crippen LogP contribution in [-0.4, -0.2) is 79.7 Å². The van der Waals surface area contributed by atoms with Crippen LogP contribution in [0.5, 0.6) is 11.5 Å². The molecule has 1 fully saturated rings. The minimum Gasteiger partial charge on any atom is -0.451 e. The van der Waals surface area contributed by atoms with Crippen LogP contribution in [0.4, 0.5) is 14.9 Å². The third-order valence-electron chi connectivity index (χ3n) is 8.00. The normalized spacial score (nSPS) is 15.2. The summed E-state index contributed by atoms with van der Waals surface area (Å²) in [6, 6.07) is 12.5. The van der Waals surface area contributed by atoms with Crippen molar-refractivity contribution in [3.05, 3.63) is 70.3 Å². The Bertz CT molecular complexity index is 1970. The molecule has 0 bridgehead atoms. The number of benzene rings is 3. The number of rotatable bonds is 8. The molecule has 0 unspecified atom stereocenters. The maximum Gasteiger partial charge on any atom is 0.407 e. The van der Waals surface area contributed by atoms with Crippen LogP contribution in [0.3, 0.4) is 0 Å². The summed E-state index contributed by atoms with van der Waals surface area (Å²) in [7, 11) is 3.75. The Morgan fingerprint density at radius 1 is 1.17 bits per heavy atom. The molecule has 2 amide bonds. The fourth-order valence-corrected chi connectivity index (χ4v) is 5.99. The van der Waals surface area contributed by atoms with E-state index in [-0.39, 0.29) is 35.9 Å². The van der Waals surface area contributed by atoms with Crippen LogP contribution in [0.2, 0.25) is 0 Å². The third-order valence-corrected chi connectivity index (χ3v) is 8.00. The first kappa shape index (κ1) is 34.2. The molecule has 3 aromatic carbocycles. The highest BCUT2D eigenvalue weighted by Gasteiger charge is 2.34. The first-order chi connectivity index (χ1) is 22.4. The van der Waals surface area contributed by atoms with E-state index >= 15 is 4.39 Å². The maximum atomic E-state index is 16.2. The van der Waals surface area contributed by atoms with Crippen molar-refractivity contribution >= 4 is 45.7 Å². The Labute approximate surface area is 279 Å². The number of amides is 2. The molecule has 0 radical (unpaired) electrons. The number of nitrogens with one attached hydrogen (secondary N) is 2. The number of aliphatic imine (C=N–C) groups is 1. The Hall–Kier alpha value is -5.13. The van der Waals surface area contributed by atoms with Crippen LogP contribution in [0.1, 0.15) is 51.4 Å². The van der Waals surface area contributed by atoms with Gasteiger partial charge in [0.1, 0.15) is 22.4 Å². The van der Waals surface area contributed by atoms with Crippen LogP contribution in [0.15, 0.2) is 58.4 Å². The molecular formula is C36H43FN6O5. The van der Waals surface area contributed by atoms with Crippen molar-refractivity contribution in [2.45, 2.75) is 52.7 Å². The number of hydrogen-bond donors (Lipinski definition) is 2. The van der Waals surface area contributed by atoms with Crippen LogP contribution < -0.4 is 25.7 Å². The molecule has 2 aliphatic rings. The van der Waals surface area contributed by atoms with Gasteiger partial charge >= 0.3 is 6.09 Å². The van der Waals surface area contributed by atoms with Crippen molar-refractivity contribution in [1.82, 2.24) is 20.1 Å². The number of halogens is 1. The summed E-state index contributed by atoms with van der Waals surface area (Å²) >= 11 is 0. The van der Waals surface area contributed by atoms with E-state index in [1.54, 1.807) is 31.7 Å². The molecule has 6 rings (SSSR count). The van der Waals surface area contributed by atoms with E-state index in [1.807, 2.05) is 60.3 Å². The molecule has 48 heavy (non-hydrogen) atoms. The smallest absolute Gasteiger partial charge is 0.407 e. The van der Waals surface area contributed by atoms with Gasteiger partial charge in [0.05, 0.1) is 23.5 Å². The molecule has 254 valence electrons. The Kier molecular flexibility index (Phi) is 9.65. The lowest BCUT2D eigenvalue weighted by Crippen LogP contribution is -2.40. The zero-order chi connectivity index (χ0) is 33.5. The second-order valence-electron chi connectivity index (χ2n) is 13.1. The summed E-state index contributed by atoms with van der Waals surface area (Å²) in [5.74, 6) is -0.563. The molecule has 11 nitrogen and oxygen atoms in total. The van der Waals surface area contributed by atoms with Gasteiger partial charge in [-0.3, -0.25) is 14.6 Å². The van der Waals surface area contributed by atoms with Gasteiger partial charge in [0.25, 0.3) is 5.91 Å². The topological polar surface area (TPSA) is 118 Å². The molecule has 1 atom stereocenters. The minimum atomic E-state index is -0.658. The summed E-state index contributed by atoms with van der Waals surface area (Å²) in [4.78, 5) is 47.6. The number of anilines is 1. The summed E-state index contributed by atoms with van der Waals surface area (Å²) in [5, 5.41) is 7.58. The van der Waals surface area contributed by atoms with E-state index in [0.29, 0.717) is 56.0 Å². The predicted octanol–water partition coefficient (Wildman–Crippen LogP) is 5.84. The van der Waals surface area contributed by atoms with Crippen molar-refractivity contribution in [3.63, 3.8) is 0 Å². The first-order valence-electron chi connectivity index (χ1n) is 15.7. The van der Waals surface area contributed by atoms with Gasteiger partial charge in [0, 0.05) is 46.5 Å². The number of nitrogens with zero attached hydrogens (tertiary/aromatic N) is 4. The summed E-state index contributed by atoms with van der Waals surface area (Å²) in [6.07, 6.45) is 3.82. The molecule has 3 heterocycles. The Balaban J connectivity index is 0.00000451. The van der Waals surface area contributed by atoms with Gasteiger partial charge in [0.15, 0.2) is 17.3 Å². The van der Waals surface area contributed by atoms with E-state index in [9.17, 15) is 14.4 Å². The molecular weight excluding hydrogens is 615 g/mol. The average molecular weight is 659 g/mol. The highest BCUT2D eigenvalue weighted by molar-refractivity contribution is 6.02. The highest BCUT2D eigenvalue weighted by Crippen LogP contribution is 2.48. The van der Waals surface area contributed by atoms with Crippen LogP contribution >= 0.6 is 0 Å². The molecule has 1 aromatic heterocycles. The van der Waals surface area contributed by atoms with Crippen molar-refractivity contribution in [2.75, 3.05) is 45.2 Å². The van der Waals surface area contributed by atoms with Crippen LogP contribution in [0.25, 0.3) is 27.4 Å². The number of pyridine rings is 1. The fraction of sp³-hybridized carbons (Fsp3) is 0.389. The number of alkyl carbamates (subject to hydrolysis) is 1. The zero-order valence-electron chi connectivity index (χ0n) is 27.2. The number of fused-ring (bicyclic) bond motifs is 3. The van der Waals surface area contributed by atoms with Crippen molar-refractivity contribution in [1.29, 1.82) is 0 Å². The van der Waals surface area contributed by atoms with E-state index in [4.69, 9.17) is 9.47 Å². The minimum absolute atomic E-state index is 0.